The molecule has 0 bridgehead atoms. The van der Waals surface area contributed by atoms with Gasteiger partial charge in [0.15, 0.2) is 0 Å². The molecule has 0 radical (unpaired) electrons. The average Bonchev–Trinajstić information content (AvgIpc) is 2.37. The van der Waals surface area contributed by atoms with E-state index >= 15 is 0 Å². The van der Waals surface area contributed by atoms with Gasteiger partial charge in [0.05, 0.1) is 19.3 Å². The SMILES string of the molecule is CCCC[C@@H](C)C[C@H](O)COCc1ccccc1. The van der Waals surface area contributed by atoms with Crippen LogP contribution in [0, 0.1) is 5.92 Å². The summed E-state index contributed by atoms with van der Waals surface area (Å²) >= 11 is 0. The maximum Gasteiger partial charge on any atom is 0.0776 e. The highest BCUT2D eigenvalue weighted by Gasteiger charge is 2.10. The van der Waals surface area contributed by atoms with Crippen molar-refractivity contribution >= 4 is 0 Å². The van der Waals surface area contributed by atoms with Crippen molar-refractivity contribution in [1.29, 1.82) is 0 Å². The summed E-state index contributed by atoms with van der Waals surface area (Å²) in [4.78, 5) is 0. The molecule has 2 heteroatoms. The van der Waals surface area contributed by atoms with Gasteiger partial charge < -0.3 is 9.84 Å². The van der Waals surface area contributed by atoms with Gasteiger partial charge in [-0.3, -0.25) is 0 Å². The number of unbranched alkanes of at least 4 members (excludes halogenated alkanes) is 1. The van der Waals surface area contributed by atoms with Gasteiger partial charge >= 0.3 is 0 Å². The zero-order valence-corrected chi connectivity index (χ0v) is 11.6. The summed E-state index contributed by atoms with van der Waals surface area (Å²) in [5.41, 5.74) is 1.16. The van der Waals surface area contributed by atoms with Crippen LogP contribution in [0.3, 0.4) is 0 Å². The Hall–Kier alpha value is -0.860. The third kappa shape index (κ3) is 6.77. The van der Waals surface area contributed by atoms with Gasteiger partial charge in [0.25, 0.3) is 0 Å². The number of hydrogen-bond acceptors (Lipinski definition) is 2. The average molecular weight is 250 g/mol. The van der Waals surface area contributed by atoms with Crippen LogP contribution in [0.25, 0.3) is 0 Å². The molecule has 0 aromatic heterocycles. The number of aliphatic hydroxyl groups is 1. The summed E-state index contributed by atoms with van der Waals surface area (Å²) in [6.45, 7) is 5.43. The lowest BCUT2D eigenvalue weighted by Gasteiger charge is -2.16. The van der Waals surface area contributed by atoms with Crippen LogP contribution in [-0.2, 0) is 11.3 Å². The van der Waals surface area contributed by atoms with Crippen molar-refractivity contribution < 1.29 is 9.84 Å². The quantitative estimate of drug-likeness (QED) is 0.722. The monoisotopic (exact) mass is 250 g/mol. The predicted octanol–water partition coefficient (Wildman–Crippen LogP) is 3.78. The molecule has 1 N–H and O–H groups in total. The second kappa shape index (κ2) is 9.12. The van der Waals surface area contributed by atoms with E-state index in [-0.39, 0.29) is 6.10 Å². The van der Waals surface area contributed by atoms with Gasteiger partial charge in [0.1, 0.15) is 0 Å². The summed E-state index contributed by atoms with van der Waals surface area (Å²) in [6.07, 6.45) is 4.19. The first-order valence-electron chi connectivity index (χ1n) is 7.02. The number of rotatable bonds is 9. The summed E-state index contributed by atoms with van der Waals surface area (Å²) in [6, 6.07) is 10.1. The van der Waals surface area contributed by atoms with Crippen molar-refractivity contribution in [3.8, 4) is 0 Å². The van der Waals surface area contributed by atoms with E-state index in [1.165, 1.54) is 19.3 Å². The van der Waals surface area contributed by atoms with Gasteiger partial charge in [-0.1, -0.05) is 63.4 Å². The Bertz CT molecular complexity index is 297. The molecule has 0 spiro atoms. The van der Waals surface area contributed by atoms with Crippen molar-refractivity contribution in [2.75, 3.05) is 6.61 Å². The summed E-state index contributed by atoms with van der Waals surface area (Å²) in [5, 5.41) is 9.87. The predicted molar refractivity (Wildman–Crippen MR) is 75.4 cm³/mol. The molecule has 1 aromatic rings. The molecule has 0 amide bonds. The molecule has 0 saturated carbocycles. The summed E-state index contributed by atoms with van der Waals surface area (Å²) < 4.78 is 5.54. The van der Waals surface area contributed by atoms with Crippen molar-refractivity contribution in [2.45, 2.75) is 52.2 Å². The first kappa shape index (κ1) is 15.2. The Morgan fingerprint density at radius 1 is 1.22 bits per heavy atom. The van der Waals surface area contributed by atoms with E-state index in [0.29, 0.717) is 19.1 Å². The molecular weight excluding hydrogens is 224 g/mol. The normalized spacial score (nSPS) is 14.4. The van der Waals surface area contributed by atoms with Gasteiger partial charge in [0, 0.05) is 0 Å². The topological polar surface area (TPSA) is 29.5 Å². The number of benzene rings is 1. The summed E-state index contributed by atoms with van der Waals surface area (Å²) in [7, 11) is 0. The van der Waals surface area contributed by atoms with Crippen LogP contribution >= 0.6 is 0 Å². The Labute approximate surface area is 111 Å². The maximum absolute atomic E-state index is 9.87. The molecule has 1 aromatic carbocycles. The molecule has 1 rings (SSSR count). The van der Waals surface area contributed by atoms with E-state index in [0.717, 1.165) is 12.0 Å². The minimum absolute atomic E-state index is 0.333. The molecule has 0 aliphatic rings. The molecule has 102 valence electrons. The molecule has 18 heavy (non-hydrogen) atoms. The van der Waals surface area contributed by atoms with E-state index < -0.39 is 0 Å². The third-order valence-corrected chi connectivity index (χ3v) is 3.15. The van der Waals surface area contributed by atoms with Crippen molar-refractivity contribution in [3.05, 3.63) is 35.9 Å². The Morgan fingerprint density at radius 3 is 2.61 bits per heavy atom. The highest BCUT2D eigenvalue weighted by atomic mass is 16.5. The fourth-order valence-electron chi connectivity index (χ4n) is 2.09. The molecule has 2 nitrogen and oxygen atoms in total. The smallest absolute Gasteiger partial charge is 0.0776 e. The second-order valence-corrected chi connectivity index (χ2v) is 5.14. The lowest BCUT2D eigenvalue weighted by atomic mass is 9.98. The number of hydrogen-bond donors (Lipinski definition) is 1. The maximum atomic E-state index is 9.87. The van der Waals surface area contributed by atoms with Crippen molar-refractivity contribution in [3.63, 3.8) is 0 Å². The molecule has 0 aliphatic heterocycles. The van der Waals surface area contributed by atoms with Crippen LogP contribution in [0.4, 0.5) is 0 Å². The van der Waals surface area contributed by atoms with Crippen LogP contribution in [-0.4, -0.2) is 17.8 Å². The first-order valence-corrected chi connectivity index (χ1v) is 7.02. The molecular formula is C16H26O2. The molecule has 0 fully saturated rings. The highest BCUT2D eigenvalue weighted by Crippen LogP contribution is 2.14. The number of ether oxygens (including phenoxy) is 1. The minimum Gasteiger partial charge on any atom is -0.391 e. The Morgan fingerprint density at radius 2 is 1.94 bits per heavy atom. The number of aliphatic hydroxyl groups excluding tert-OH is 1. The van der Waals surface area contributed by atoms with E-state index in [1.807, 2.05) is 30.3 Å². The largest absolute Gasteiger partial charge is 0.391 e. The molecule has 0 aliphatic carbocycles. The van der Waals surface area contributed by atoms with E-state index in [4.69, 9.17) is 4.74 Å². The van der Waals surface area contributed by atoms with Crippen LogP contribution in [0.5, 0.6) is 0 Å². The molecule has 0 heterocycles. The van der Waals surface area contributed by atoms with Crippen molar-refractivity contribution in [2.24, 2.45) is 5.92 Å². The lowest BCUT2D eigenvalue weighted by molar-refractivity contribution is 0.0171. The van der Waals surface area contributed by atoms with Gasteiger partial charge in [0.2, 0.25) is 0 Å². The van der Waals surface area contributed by atoms with Crippen LogP contribution in [0.2, 0.25) is 0 Å². The third-order valence-electron chi connectivity index (χ3n) is 3.15. The Kier molecular flexibility index (Phi) is 7.70. The van der Waals surface area contributed by atoms with E-state index in [1.54, 1.807) is 0 Å². The van der Waals surface area contributed by atoms with Gasteiger partial charge in [-0.2, -0.15) is 0 Å². The molecule has 0 saturated heterocycles. The lowest BCUT2D eigenvalue weighted by Crippen LogP contribution is -2.18. The van der Waals surface area contributed by atoms with Gasteiger partial charge in [-0.05, 0) is 17.9 Å². The zero-order chi connectivity index (χ0) is 13.2. The standard InChI is InChI=1S/C16H26O2/c1-3-4-8-14(2)11-16(17)13-18-12-15-9-6-5-7-10-15/h5-7,9-10,14,16-17H,3-4,8,11-13H2,1-2H3/t14-,16+/m1/s1. The second-order valence-electron chi connectivity index (χ2n) is 5.14. The minimum atomic E-state index is -0.333. The van der Waals surface area contributed by atoms with Crippen molar-refractivity contribution in [1.82, 2.24) is 0 Å². The highest BCUT2D eigenvalue weighted by molar-refractivity contribution is 5.13. The van der Waals surface area contributed by atoms with E-state index in [9.17, 15) is 5.11 Å². The Balaban J connectivity index is 2.11. The van der Waals surface area contributed by atoms with E-state index in [2.05, 4.69) is 13.8 Å². The van der Waals surface area contributed by atoms with Gasteiger partial charge in [-0.15, -0.1) is 0 Å². The first-order chi connectivity index (χ1) is 8.72. The zero-order valence-electron chi connectivity index (χ0n) is 11.6. The van der Waals surface area contributed by atoms with Gasteiger partial charge in [-0.25, -0.2) is 0 Å². The molecule has 0 unspecified atom stereocenters. The fraction of sp³-hybridized carbons (Fsp3) is 0.625. The summed E-state index contributed by atoms with van der Waals surface area (Å²) in [5.74, 6) is 0.584. The van der Waals surface area contributed by atoms with Crippen LogP contribution < -0.4 is 0 Å². The van der Waals surface area contributed by atoms with Crippen LogP contribution in [0.15, 0.2) is 30.3 Å². The van der Waals surface area contributed by atoms with Crippen LogP contribution in [0.1, 0.15) is 45.1 Å². The fourth-order valence-corrected chi connectivity index (χ4v) is 2.09. The molecule has 2 atom stereocenters.